The van der Waals surface area contributed by atoms with Crippen LogP contribution in [-0.4, -0.2) is 11.9 Å². The molecule has 0 unspecified atom stereocenters. The van der Waals surface area contributed by atoms with Crippen LogP contribution in [0.15, 0.2) is 106 Å². The molecule has 0 saturated heterocycles. The van der Waals surface area contributed by atoms with Crippen LogP contribution < -0.4 is 0 Å². The lowest BCUT2D eigenvalue weighted by molar-refractivity contribution is -0.129. The normalized spacial score (nSPS) is 14.5. The highest BCUT2D eigenvalue weighted by atomic mass is 35.5. The fraction of sp³-hybridized carbons (Fsp3) is 0. The predicted octanol–water partition coefficient (Wildman–Crippen LogP) is 6.61. The van der Waals surface area contributed by atoms with E-state index in [1.807, 2.05) is 72.8 Å². The number of aliphatic imine (C=N–C) groups is 1. The third-order valence-corrected chi connectivity index (χ3v) is 5.15. The third-order valence-electron chi connectivity index (χ3n) is 4.89. The summed E-state index contributed by atoms with van der Waals surface area (Å²) in [5.74, 6) is 0.962. The zero-order valence-electron chi connectivity index (χ0n) is 16.3. The van der Waals surface area contributed by atoms with Gasteiger partial charge in [-0.2, -0.15) is 0 Å². The van der Waals surface area contributed by atoms with E-state index in [2.05, 4.69) is 4.99 Å². The van der Waals surface area contributed by atoms with Gasteiger partial charge in [0.15, 0.2) is 5.70 Å². The van der Waals surface area contributed by atoms with E-state index in [0.29, 0.717) is 16.5 Å². The quantitative estimate of drug-likeness (QED) is 0.273. The number of esters is 1. The number of rotatable bonds is 4. The Balaban J connectivity index is 1.38. The van der Waals surface area contributed by atoms with E-state index in [9.17, 15) is 4.79 Å². The molecule has 0 bridgehead atoms. The van der Waals surface area contributed by atoms with E-state index in [-0.39, 0.29) is 11.6 Å². The number of ether oxygens (including phenoxy) is 1. The first-order valence-corrected chi connectivity index (χ1v) is 10.1. The minimum atomic E-state index is -0.508. The van der Waals surface area contributed by atoms with E-state index >= 15 is 0 Å². The van der Waals surface area contributed by atoms with Gasteiger partial charge in [-0.1, -0.05) is 54.1 Å². The average molecular weight is 426 g/mol. The monoisotopic (exact) mass is 425 g/mol. The maximum atomic E-state index is 12.3. The first kappa shape index (κ1) is 19.1. The van der Waals surface area contributed by atoms with Crippen molar-refractivity contribution in [2.75, 3.05) is 0 Å². The molecule has 3 aromatic carbocycles. The summed E-state index contributed by atoms with van der Waals surface area (Å²) in [5.41, 5.74) is 4.02. The maximum Gasteiger partial charge on any atom is 0.363 e. The Kier molecular flexibility index (Phi) is 4.98. The molecule has 0 amide bonds. The first-order valence-electron chi connectivity index (χ1n) is 9.70. The molecule has 0 spiro atoms. The highest BCUT2D eigenvalue weighted by Crippen LogP contribution is 2.27. The maximum absolute atomic E-state index is 12.3. The van der Waals surface area contributed by atoms with Gasteiger partial charge in [-0.25, -0.2) is 9.79 Å². The van der Waals surface area contributed by atoms with Gasteiger partial charge in [-0.15, -0.1) is 0 Å². The van der Waals surface area contributed by atoms with Gasteiger partial charge in [0.25, 0.3) is 0 Å². The number of halogens is 1. The third kappa shape index (κ3) is 4.06. The van der Waals surface area contributed by atoms with Gasteiger partial charge >= 0.3 is 5.97 Å². The van der Waals surface area contributed by atoms with Crippen LogP contribution in [-0.2, 0) is 9.53 Å². The number of carbonyl (C=O) groups excluding carboxylic acids is 1. The van der Waals surface area contributed by atoms with Crippen molar-refractivity contribution >= 4 is 29.5 Å². The summed E-state index contributed by atoms with van der Waals surface area (Å²) in [6, 6.07) is 28.8. The Morgan fingerprint density at radius 2 is 1.35 bits per heavy atom. The number of cyclic esters (lactones) is 1. The van der Waals surface area contributed by atoms with Crippen molar-refractivity contribution in [3.05, 3.63) is 113 Å². The zero-order valence-corrected chi connectivity index (χ0v) is 17.0. The minimum absolute atomic E-state index is 0.194. The van der Waals surface area contributed by atoms with Crippen LogP contribution >= 0.6 is 11.6 Å². The molecule has 31 heavy (non-hydrogen) atoms. The summed E-state index contributed by atoms with van der Waals surface area (Å²) in [4.78, 5) is 16.7. The summed E-state index contributed by atoms with van der Waals surface area (Å²) in [5, 5.41) is 0.657. The van der Waals surface area contributed by atoms with Crippen molar-refractivity contribution in [1.29, 1.82) is 0 Å². The molecule has 0 N–H and O–H groups in total. The van der Waals surface area contributed by atoms with Crippen LogP contribution in [0.4, 0.5) is 0 Å². The van der Waals surface area contributed by atoms with Crippen LogP contribution in [0.5, 0.6) is 0 Å². The molecule has 0 radical (unpaired) electrons. The molecule has 4 aromatic rings. The van der Waals surface area contributed by atoms with Gasteiger partial charge in [0.2, 0.25) is 5.90 Å². The molecule has 150 valence electrons. The molecule has 2 heterocycles. The lowest BCUT2D eigenvalue weighted by Gasteiger charge is -2.03. The lowest BCUT2D eigenvalue weighted by atomic mass is 10.0. The zero-order chi connectivity index (χ0) is 21.2. The van der Waals surface area contributed by atoms with Crippen LogP contribution in [0.2, 0.25) is 5.02 Å². The van der Waals surface area contributed by atoms with Crippen LogP contribution in [0.25, 0.3) is 28.5 Å². The molecule has 5 heteroatoms. The highest BCUT2D eigenvalue weighted by molar-refractivity contribution is 6.30. The van der Waals surface area contributed by atoms with Crippen molar-refractivity contribution in [2.24, 2.45) is 4.99 Å². The van der Waals surface area contributed by atoms with Gasteiger partial charge in [0, 0.05) is 22.2 Å². The topological polar surface area (TPSA) is 51.8 Å². The van der Waals surface area contributed by atoms with E-state index in [1.54, 1.807) is 24.3 Å². The summed E-state index contributed by atoms with van der Waals surface area (Å²) < 4.78 is 11.2. The van der Waals surface area contributed by atoms with Crippen LogP contribution in [0.1, 0.15) is 11.3 Å². The number of hydrogen-bond donors (Lipinski definition) is 0. The molecule has 1 aromatic heterocycles. The van der Waals surface area contributed by atoms with Crippen LogP contribution in [0, 0.1) is 0 Å². The Morgan fingerprint density at radius 3 is 2.10 bits per heavy atom. The van der Waals surface area contributed by atoms with Gasteiger partial charge in [0.05, 0.1) is 0 Å². The van der Waals surface area contributed by atoms with Crippen molar-refractivity contribution in [3.8, 4) is 22.5 Å². The van der Waals surface area contributed by atoms with Gasteiger partial charge < -0.3 is 9.15 Å². The van der Waals surface area contributed by atoms with Crippen molar-refractivity contribution < 1.29 is 13.9 Å². The molecule has 4 nitrogen and oxygen atoms in total. The number of furan rings is 1. The summed E-state index contributed by atoms with van der Waals surface area (Å²) in [6.45, 7) is 0. The Hall–Kier alpha value is -3.89. The molecule has 0 atom stereocenters. The van der Waals surface area contributed by atoms with E-state index in [4.69, 9.17) is 20.8 Å². The number of carbonyl (C=O) groups is 1. The van der Waals surface area contributed by atoms with Crippen molar-refractivity contribution in [1.82, 2.24) is 0 Å². The highest BCUT2D eigenvalue weighted by Gasteiger charge is 2.24. The summed E-state index contributed by atoms with van der Waals surface area (Å²) in [7, 11) is 0. The minimum Gasteiger partial charge on any atom is -0.457 e. The molecule has 0 saturated carbocycles. The Labute approximate surface area is 184 Å². The lowest BCUT2D eigenvalue weighted by Crippen LogP contribution is -2.05. The molecular weight excluding hydrogens is 410 g/mol. The van der Waals surface area contributed by atoms with Gasteiger partial charge in [-0.05, 0) is 59.7 Å². The molecule has 0 aliphatic carbocycles. The fourth-order valence-corrected chi connectivity index (χ4v) is 3.43. The number of hydrogen-bond acceptors (Lipinski definition) is 4. The van der Waals surface area contributed by atoms with E-state index < -0.39 is 5.97 Å². The second kappa shape index (κ2) is 8.09. The smallest absolute Gasteiger partial charge is 0.363 e. The molecule has 1 aliphatic rings. The summed E-state index contributed by atoms with van der Waals surface area (Å²) in [6.07, 6.45) is 1.58. The number of nitrogens with zero attached hydrogens (tertiary/aromatic N) is 1. The SMILES string of the molecule is O=C1OC(c2ccc(-c3ccccc3)cc2)=N/C1=C\c1ccc(-c2ccc(Cl)cc2)o1. The average Bonchev–Trinajstić information content (AvgIpc) is 3.42. The number of benzene rings is 3. The van der Waals surface area contributed by atoms with Crippen molar-refractivity contribution in [2.45, 2.75) is 0 Å². The molecule has 5 rings (SSSR count). The van der Waals surface area contributed by atoms with Crippen LogP contribution in [0.3, 0.4) is 0 Å². The van der Waals surface area contributed by atoms with Gasteiger partial charge in [-0.3, -0.25) is 0 Å². The standard InChI is InChI=1S/C26H16ClNO3/c27-21-12-10-19(11-13-21)24-15-14-22(30-24)16-23-26(29)31-25(28-23)20-8-6-18(7-9-20)17-4-2-1-3-5-17/h1-16H/b23-16-. The molecular formula is C26H16ClNO3. The van der Waals surface area contributed by atoms with Crippen molar-refractivity contribution in [3.63, 3.8) is 0 Å². The van der Waals surface area contributed by atoms with E-state index in [1.165, 1.54) is 0 Å². The second-order valence-corrected chi connectivity index (χ2v) is 7.42. The summed E-state index contributed by atoms with van der Waals surface area (Å²) >= 11 is 5.93. The van der Waals surface area contributed by atoms with E-state index in [0.717, 1.165) is 22.3 Å². The Bertz CT molecular complexity index is 1300. The fourth-order valence-electron chi connectivity index (χ4n) is 3.30. The van der Waals surface area contributed by atoms with Gasteiger partial charge in [0.1, 0.15) is 11.5 Å². The molecule has 1 aliphatic heterocycles. The Morgan fingerprint density at radius 1 is 0.710 bits per heavy atom. The first-order chi connectivity index (χ1) is 15.2. The predicted molar refractivity (Wildman–Crippen MR) is 122 cm³/mol. The largest absolute Gasteiger partial charge is 0.457 e. The molecule has 0 fully saturated rings. The second-order valence-electron chi connectivity index (χ2n) is 6.99.